The maximum atomic E-state index is 11.8. The van der Waals surface area contributed by atoms with Gasteiger partial charge in [-0.05, 0) is 52.9 Å². The summed E-state index contributed by atoms with van der Waals surface area (Å²) in [5.41, 5.74) is 0.992. The Balaban J connectivity index is 1.90. The molecular weight excluding hydrogens is 405 g/mol. The second-order valence-electron chi connectivity index (χ2n) is 4.11. The number of rotatable bonds is 4. The minimum atomic E-state index is -0.588. The molecule has 6 heteroatoms. The molecule has 2 rings (SSSR count). The largest absolute Gasteiger partial charge is 0.452 e. The molecule has 2 aromatic carbocycles. The minimum absolute atomic E-state index is 0.310. The van der Waals surface area contributed by atoms with Crippen LogP contribution in [0, 0.1) is 3.57 Å². The van der Waals surface area contributed by atoms with Gasteiger partial charge in [0.25, 0.3) is 5.91 Å². The van der Waals surface area contributed by atoms with Crippen molar-refractivity contribution in [3.05, 3.63) is 62.7 Å². The van der Waals surface area contributed by atoms with E-state index in [1.165, 1.54) is 6.07 Å². The number of carbonyl (C=O) groups is 2. The Morgan fingerprint density at radius 2 is 1.90 bits per heavy atom. The molecule has 0 aliphatic heterocycles. The molecule has 0 radical (unpaired) electrons. The van der Waals surface area contributed by atoms with Crippen molar-refractivity contribution >= 4 is 51.8 Å². The molecule has 1 N–H and O–H groups in total. The number of carbonyl (C=O) groups excluding carboxylic acids is 2. The van der Waals surface area contributed by atoms with Gasteiger partial charge in [-0.3, -0.25) is 4.79 Å². The van der Waals surface area contributed by atoms with Gasteiger partial charge in [-0.2, -0.15) is 0 Å². The molecular formula is C15H11ClINO3. The quantitative estimate of drug-likeness (QED) is 0.611. The maximum Gasteiger partial charge on any atom is 0.338 e. The summed E-state index contributed by atoms with van der Waals surface area (Å²) in [5, 5.41) is 3.12. The number of hydrogen-bond donors (Lipinski definition) is 1. The molecule has 0 spiro atoms. The Labute approximate surface area is 140 Å². The van der Waals surface area contributed by atoms with E-state index in [4.69, 9.17) is 16.3 Å². The van der Waals surface area contributed by atoms with Crippen LogP contribution in [0.15, 0.2) is 48.5 Å². The third-order valence-electron chi connectivity index (χ3n) is 2.54. The summed E-state index contributed by atoms with van der Waals surface area (Å²) in [6.07, 6.45) is 0. The van der Waals surface area contributed by atoms with Gasteiger partial charge in [0.2, 0.25) is 0 Å². The number of esters is 1. The molecule has 21 heavy (non-hydrogen) atoms. The van der Waals surface area contributed by atoms with Crippen LogP contribution in [0.3, 0.4) is 0 Å². The van der Waals surface area contributed by atoms with E-state index in [0.717, 1.165) is 3.57 Å². The number of amides is 1. The highest BCUT2D eigenvalue weighted by molar-refractivity contribution is 14.1. The predicted octanol–water partition coefficient (Wildman–Crippen LogP) is 3.74. The molecule has 0 aromatic heterocycles. The lowest BCUT2D eigenvalue weighted by Gasteiger charge is -2.08. The Morgan fingerprint density at radius 1 is 1.14 bits per heavy atom. The molecule has 1 amide bonds. The van der Waals surface area contributed by atoms with E-state index in [0.29, 0.717) is 16.3 Å². The summed E-state index contributed by atoms with van der Waals surface area (Å²) in [5.74, 6) is -0.982. The van der Waals surface area contributed by atoms with Gasteiger partial charge in [0.15, 0.2) is 6.61 Å². The van der Waals surface area contributed by atoms with E-state index in [-0.39, 0.29) is 6.61 Å². The van der Waals surface area contributed by atoms with E-state index in [9.17, 15) is 9.59 Å². The van der Waals surface area contributed by atoms with E-state index in [1.807, 2.05) is 18.2 Å². The summed E-state index contributed by atoms with van der Waals surface area (Å²) >= 11 is 7.90. The van der Waals surface area contributed by atoms with Crippen molar-refractivity contribution < 1.29 is 14.3 Å². The number of halogens is 2. The fourth-order valence-corrected chi connectivity index (χ4v) is 2.29. The fraction of sp³-hybridized carbons (Fsp3) is 0.0667. The lowest BCUT2D eigenvalue weighted by molar-refractivity contribution is -0.119. The van der Waals surface area contributed by atoms with E-state index < -0.39 is 11.9 Å². The van der Waals surface area contributed by atoms with Crippen LogP contribution in [0.2, 0.25) is 5.02 Å². The van der Waals surface area contributed by atoms with Crippen molar-refractivity contribution in [2.24, 2.45) is 0 Å². The topological polar surface area (TPSA) is 55.4 Å². The Morgan fingerprint density at radius 3 is 2.62 bits per heavy atom. The summed E-state index contributed by atoms with van der Waals surface area (Å²) in [4.78, 5) is 23.5. The SMILES string of the molecule is O=C(COC(=O)c1cccc(Cl)c1)Nc1ccccc1I. The van der Waals surface area contributed by atoms with E-state index in [1.54, 1.807) is 24.3 Å². The molecule has 0 aliphatic rings. The summed E-state index contributed by atoms with van der Waals surface area (Å²) in [7, 11) is 0. The molecule has 0 atom stereocenters. The van der Waals surface area contributed by atoms with Crippen molar-refractivity contribution in [3.63, 3.8) is 0 Å². The Kier molecular flexibility index (Phi) is 5.58. The van der Waals surface area contributed by atoms with Crippen LogP contribution in [-0.4, -0.2) is 18.5 Å². The Hall–Kier alpha value is -1.60. The van der Waals surface area contributed by atoms with Gasteiger partial charge in [0.1, 0.15) is 0 Å². The predicted molar refractivity (Wildman–Crippen MR) is 89.5 cm³/mol. The standard InChI is InChI=1S/C15H11ClINO3/c16-11-5-3-4-10(8-11)15(20)21-9-14(19)18-13-7-2-1-6-12(13)17/h1-8H,9H2,(H,18,19). The maximum absolute atomic E-state index is 11.8. The summed E-state index contributed by atoms with van der Waals surface area (Å²) in [6, 6.07) is 13.7. The van der Waals surface area contributed by atoms with Crippen LogP contribution in [0.5, 0.6) is 0 Å². The number of hydrogen-bond acceptors (Lipinski definition) is 3. The third-order valence-corrected chi connectivity index (χ3v) is 3.72. The average molecular weight is 416 g/mol. The van der Waals surface area contributed by atoms with Gasteiger partial charge in [-0.1, -0.05) is 29.8 Å². The van der Waals surface area contributed by atoms with Gasteiger partial charge < -0.3 is 10.1 Å². The van der Waals surface area contributed by atoms with Gasteiger partial charge >= 0.3 is 5.97 Å². The lowest BCUT2D eigenvalue weighted by atomic mass is 10.2. The van der Waals surface area contributed by atoms with Gasteiger partial charge in [-0.15, -0.1) is 0 Å². The molecule has 0 fully saturated rings. The van der Waals surface area contributed by atoms with E-state index in [2.05, 4.69) is 27.9 Å². The number of para-hydroxylation sites is 1. The van der Waals surface area contributed by atoms with E-state index >= 15 is 0 Å². The van der Waals surface area contributed by atoms with Crippen molar-refractivity contribution in [1.29, 1.82) is 0 Å². The number of ether oxygens (including phenoxy) is 1. The van der Waals surface area contributed by atoms with Crippen molar-refractivity contribution in [2.45, 2.75) is 0 Å². The number of anilines is 1. The van der Waals surface area contributed by atoms with Crippen molar-refractivity contribution in [2.75, 3.05) is 11.9 Å². The smallest absolute Gasteiger partial charge is 0.338 e. The van der Waals surface area contributed by atoms with Crippen LogP contribution >= 0.6 is 34.2 Å². The van der Waals surface area contributed by atoms with Crippen LogP contribution in [0.4, 0.5) is 5.69 Å². The molecule has 0 unspecified atom stereocenters. The van der Waals surface area contributed by atoms with Crippen molar-refractivity contribution in [1.82, 2.24) is 0 Å². The highest BCUT2D eigenvalue weighted by Gasteiger charge is 2.11. The van der Waals surface area contributed by atoms with Crippen LogP contribution in [0.25, 0.3) is 0 Å². The first-order valence-electron chi connectivity index (χ1n) is 6.03. The van der Waals surface area contributed by atoms with Crippen molar-refractivity contribution in [3.8, 4) is 0 Å². The fourth-order valence-electron chi connectivity index (χ4n) is 1.58. The number of nitrogens with one attached hydrogen (secondary N) is 1. The molecule has 0 heterocycles. The summed E-state index contributed by atoms with van der Waals surface area (Å²) in [6.45, 7) is -0.351. The zero-order valence-electron chi connectivity index (χ0n) is 10.8. The monoisotopic (exact) mass is 415 g/mol. The molecule has 108 valence electrons. The van der Waals surface area contributed by atoms with Gasteiger partial charge in [0, 0.05) is 8.59 Å². The molecule has 2 aromatic rings. The normalized spacial score (nSPS) is 10.0. The first-order chi connectivity index (χ1) is 10.1. The minimum Gasteiger partial charge on any atom is -0.452 e. The first-order valence-corrected chi connectivity index (χ1v) is 7.49. The molecule has 0 bridgehead atoms. The lowest BCUT2D eigenvalue weighted by Crippen LogP contribution is -2.21. The van der Waals surface area contributed by atoms with Crippen LogP contribution in [-0.2, 0) is 9.53 Å². The Bertz CT molecular complexity index is 675. The second-order valence-corrected chi connectivity index (χ2v) is 5.71. The third kappa shape index (κ3) is 4.71. The first kappa shape index (κ1) is 15.8. The highest BCUT2D eigenvalue weighted by atomic mass is 127. The van der Waals surface area contributed by atoms with Gasteiger partial charge in [0.05, 0.1) is 11.3 Å². The molecule has 0 aliphatic carbocycles. The zero-order chi connectivity index (χ0) is 15.2. The molecule has 0 saturated carbocycles. The van der Waals surface area contributed by atoms with Crippen LogP contribution in [0.1, 0.15) is 10.4 Å². The molecule has 4 nitrogen and oxygen atoms in total. The number of benzene rings is 2. The highest BCUT2D eigenvalue weighted by Crippen LogP contribution is 2.17. The second kappa shape index (κ2) is 7.42. The summed E-state index contributed by atoms with van der Waals surface area (Å²) < 4.78 is 5.85. The molecule has 0 saturated heterocycles. The van der Waals surface area contributed by atoms with Gasteiger partial charge in [-0.25, -0.2) is 4.79 Å². The van der Waals surface area contributed by atoms with Crippen LogP contribution < -0.4 is 5.32 Å². The zero-order valence-corrected chi connectivity index (χ0v) is 13.7. The average Bonchev–Trinajstić information content (AvgIpc) is 2.47.